The van der Waals surface area contributed by atoms with Crippen molar-refractivity contribution in [1.82, 2.24) is 0 Å². The van der Waals surface area contributed by atoms with E-state index in [1.54, 1.807) is 7.11 Å². The molecule has 3 heteroatoms. The Bertz CT molecular complexity index is 373. The zero-order valence-electron chi connectivity index (χ0n) is 10.4. The Balaban J connectivity index is 3.40. The van der Waals surface area contributed by atoms with Gasteiger partial charge in [0.2, 0.25) is 0 Å². The van der Waals surface area contributed by atoms with Crippen LogP contribution in [-0.2, 0) is 0 Å². The number of methoxy groups -OCH3 is 1. The summed E-state index contributed by atoms with van der Waals surface area (Å²) in [6.07, 6.45) is 0.993. The van der Waals surface area contributed by atoms with E-state index in [1.165, 1.54) is 0 Å². The van der Waals surface area contributed by atoms with E-state index < -0.39 is 0 Å². The highest BCUT2D eigenvalue weighted by Gasteiger charge is 2.19. The van der Waals surface area contributed by atoms with Crippen molar-refractivity contribution in [2.75, 3.05) is 13.7 Å². The zero-order chi connectivity index (χ0) is 12.3. The van der Waals surface area contributed by atoms with Crippen LogP contribution in [0.1, 0.15) is 36.0 Å². The lowest BCUT2D eigenvalue weighted by molar-refractivity contribution is 0.404. The van der Waals surface area contributed by atoms with Crippen molar-refractivity contribution < 1.29 is 4.74 Å². The summed E-state index contributed by atoms with van der Waals surface area (Å²) >= 11 is 6.27. The highest BCUT2D eigenvalue weighted by Crippen LogP contribution is 2.37. The third-order valence-corrected chi connectivity index (χ3v) is 3.68. The maximum atomic E-state index is 6.27. The van der Waals surface area contributed by atoms with Crippen molar-refractivity contribution in [3.63, 3.8) is 0 Å². The van der Waals surface area contributed by atoms with Crippen LogP contribution in [0.15, 0.2) is 6.07 Å². The number of benzene rings is 1. The van der Waals surface area contributed by atoms with E-state index in [2.05, 4.69) is 6.92 Å². The summed E-state index contributed by atoms with van der Waals surface area (Å²) in [5, 5.41) is 0.822. The molecule has 0 radical (unpaired) electrons. The summed E-state index contributed by atoms with van der Waals surface area (Å²) in [7, 11) is 1.69. The molecule has 0 amide bonds. The van der Waals surface area contributed by atoms with Crippen LogP contribution in [0.5, 0.6) is 5.75 Å². The maximum Gasteiger partial charge on any atom is 0.123 e. The van der Waals surface area contributed by atoms with Gasteiger partial charge in [0.1, 0.15) is 5.75 Å². The minimum absolute atomic E-state index is 0.313. The van der Waals surface area contributed by atoms with Crippen molar-refractivity contribution in [3.05, 3.63) is 27.8 Å². The number of nitrogens with two attached hydrogens (primary N) is 1. The molecular weight excluding hydrogens is 222 g/mol. The smallest absolute Gasteiger partial charge is 0.123 e. The van der Waals surface area contributed by atoms with E-state index in [0.717, 1.165) is 33.9 Å². The number of aryl methyl sites for hydroxylation is 1. The molecule has 0 aliphatic heterocycles. The Morgan fingerprint density at radius 1 is 1.44 bits per heavy atom. The average Bonchev–Trinajstić information content (AvgIpc) is 2.29. The van der Waals surface area contributed by atoms with Gasteiger partial charge in [0.05, 0.1) is 7.11 Å². The van der Waals surface area contributed by atoms with Crippen molar-refractivity contribution in [1.29, 1.82) is 0 Å². The molecule has 0 saturated carbocycles. The van der Waals surface area contributed by atoms with Crippen molar-refractivity contribution in [2.24, 2.45) is 5.73 Å². The van der Waals surface area contributed by atoms with E-state index in [1.807, 2.05) is 19.9 Å². The van der Waals surface area contributed by atoms with Crippen molar-refractivity contribution in [2.45, 2.75) is 33.1 Å². The van der Waals surface area contributed by atoms with Gasteiger partial charge in [0.25, 0.3) is 0 Å². The van der Waals surface area contributed by atoms with Crippen LogP contribution in [0.4, 0.5) is 0 Å². The highest BCUT2D eigenvalue weighted by molar-refractivity contribution is 6.32. The fraction of sp³-hybridized carbons (Fsp3) is 0.538. The lowest BCUT2D eigenvalue weighted by Gasteiger charge is -2.21. The van der Waals surface area contributed by atoms with Crippen LogP contribution in [0.2, 0.25) is 5.02 Å². The lowest BCUT2D eigenvalue weighted by atomic mass is 9.90. The average molecular weight is 242 g/mol. The molecule has 0 fully saturated rings. The summed E-state index contributed by atoms with van der Waals surface area (Å²) in [5.74, 6) is 1.21. The van der Waals surface area contributed by atoms with Crippen LogP contribution in [0, 0.1) is 13.8 Å². The van der Waals surface area contributed by atoms with E-state index >= 15 is 0 Å². The molecule has 0 aliphatic rings. The molecule has 16 heavy (non-hydrogen) atoms. The number of rotatable bonds is 4. The lowest BCUT2D eigenvalue weighted by Crippen LogP contribution is -2.14. The number of ether oxygens (including phenoxy) is 1. The van der Waals surface area contributed by atoms with Gasteiger partial charge in [-0.15, -0.1) is 0 Å². The number of halogens is 1. The van der Waals surface area contributed by atoms with Gasteiger partial charge in [-0.2, -0.15) is 0 Å². The van der Waals surface area contributed by atoms with Gasteiger partial charge >= 0.3 is 0 Å². The van der Waals surface area contributed by atoms with Crippen LogP contribution in [-0.4, -0.2) is 13.7 Å². The third-order valence-electron chi connectivity index (χ3n) is 3.10. The molecule has 90 valence electrons. The summed E-state index contributed by atoms with van der Waals surface area (Å²) in [6, 6.07) is 1.99. The van der Waals surface area contributed by atoms with Gasteiger partial charge < -0.3 is 10.5 Å². The predicted octanol–water partition coefficient (Wildman–Crippen LogP) is 3.42. The molecule has 1 aromatic rings. The fourth-order valence-corrected chi connectivity index (χ4v) is 2.26. The Hall–Kier alpha value is -0.730. The molecular formula is C13H20ClNO. The topological polar surface area (TPSA) is 35.2 Å². The summed E-state index contributed by atoms with van der Waals surface area (Å²) < 4.78 is 5.43. The molecule has 1 unspecified atom stereocenters. The fourth-order valence-electron chi connectivity index (χ4n) is 2.10. The van der Waals surface area contributed by atoms with Gasteiger partial charge in [0.15, 0.2) is 0 Å². The molecule has 0 spiro atoms. The van der Waals surface area contributed by atoms with E-state index in [-0.39, 0.29) is 0 Å². The molecule has 1 aromatic carbocycles. The number of hydrogen-bond donors (Lipinski definition) is 1. The number of hydrogen-bond acceptors (Lipinski definition) is 2. The second kappa shape index (κ2) is 5.55. The summed E-state index contributed by atoms with van der Waals surface area (Å²) in [4.78, 5) is 0. The molecule has 0 aliphatic carbocycles. The molecule has 2 N–H and O–H groups in total. The predicted molar refractivity (Wildman–Crippen MR) is 69.6 cm³/mol. The van der Waals surface area contributed by atoms with Gasteiger partial charge in [-0.1, -0.05) is 18.5 Å². The maximum absolute atomic E-state index is 6.27. The first-order chi connectivity index (χ1) is 7.56. The van der Waals surface area contributed by atoms with E-state index in [0.29, 0.717) is 12.5 Å². The van der Waals surface area contributed by atoms with Gasteiger partial charge in [-0.3, -0.25) is 0 Å². The molecule has 1 atom stereocenters. The Morgan fingerprint density at radius 2 is 2.06 bits per heavy atom. The highest BCUT2D eigenvalue weighted by atomic mass is 35.5. The van der Waals surface area contributed by atoms with Crippen LogP contribution < -0.4 is 10.5 Å². The van der Waals surface area contributed by atoms with Crippen LogP contribution in [0.25, 0.3) is 0 Å². The third kappa shape index (κ3) is 2.33. The molecule has 1 rings (SSSR count). The van der Waals surface area contributed by atoms with Crippen LogP contribution >= 0.6 is 11.6 Å². The molecule has 0 saturated heterocycles. The minimum Gasteiger partial charge on any atom is -0.496 e. The quantitative estimate of drug-likeness (QED) is 0.877. The standard InChI is InChI=1S/C13H20ClNO/c1-5-10(7-15)12-9(3)13(14)8(2)6-11(12)16-4/h6,10H,5,7,15H2,1-4H3. The van der Waals surface area contributed by atoms with Crippen LogP contribution in [0.3, 0.4) is 0 Å². The minimum atomic E-state index is 0.313. The Labute approximate surface area is 103 Å². The Morgan fingerprint density at radius 3 is 2.50 bits per heavy atom. The SMILES string of the molecule is CCC(CN)c1c(OC)cc(C)c(Cl)c1C. The molecule has 0 heterocycles. The summed E-state index contributed by atoms with van der Waals surface area (Å²) in [5.41, 5.74) is 9.09. The largest absolute Gasteiger partial charge is 0.496 e. The van der Waals surface area contributed by atoms with Crippen molar-refractivity contribution in [3.8, 4) is 5.75 Å². The van der Waals surface area contributed by atoms with Gasteiger partial charge in [0, 0.05) is 10.6 Å². The second-order valence-corrected chi connectivity index (χ2v) is 4.47. The van der Waals surface area contributed by atoms with Gasteiger partial charge in [-0.05, 0) is 49.9 Å². The summed E-state index contributed by atoms with van der Waals surface area (Å²) in [6.45, 7) is 6.77. The molecule has 0 aromatic heterocycles. The second-order valence-electron chi connectivity index (χ2n) is 4.09. The Kier molecular flexibility index (Phi) is 4.63. The normalized spacial score (nSPS) is 12.6. The first kappa shape index (κ1) is 13.3. The first-order valence-corrected chi connectivity index (χ1v) is 5.98. The van der Waals surface area contributed by atoms with E-state index in [9.17, 15) is 0 Å². The van der Waals surface area contributed by atoms with Gasteiger partial charge in [-0.25, -0.2) is 0 Å². The monoisotopic (exact) mass is 241 g/mol. The first-order valence-electron chi connectivity index (χ1n) is 5.60. The zero-order valence-corrected chi connectivity index (χ0v) is 11.2. The molecule has 0 bridgehead atoms. The molecule has 2 nitrogen and oxygen atoms in total. The van der Waals surface area contributed by atoms with E-state index in [4.69, 9.17) is 22.1 Å². The van der Waals surface area contributed by atoms with Crippen molar-refractivity contribution >= 4 is 11.6 Å².